The van der Waals surface area contributed by atoms with Crippen LogP contribution in [-0.2, 0) is 13.0 Å². The topological polar surface area (TPSA) is 63.4 Å². The van der Waals surface area contributed by atoms with Crippen LogP contribution >= 0.6 is 0 Å². The maximum atomic E-state index is 10.1. The number of fused-ring (bicyclic) bond motifs is 4. The van der Waals surface area contributed by atoms with E-state index in [9.17, 15) is 10.2 Å². The molecule has 4 rings (SSSR count). The summed E-state index contributed by atoms with van der Waals surface area (Å²) in [6.07, 6.45) is 3.03. The van der Waals surface area contributed by atoms with Crippen molar-refractivity contribution in [3.8, 4) is 23.0 Å². The Bertz CT molecular complexity index is 857. The molecule has 0 saturated heterocycles. The summed E-state index contributed by atoms with van der Waals surface area (Å²) in [4.78, 5) is 1.35. The summed E-state index contributed by atoms with van der Waals surface area (Å²) >= 11 is 0. The lowest BCUT2D eigenvalue weighted by molar-refractivity contribution is -0.841. The molecule has 2 heterocycles. The summed E-state index contributed by atoms with van der Waals surface area (Å²) < 4.78 is 10.4. The number of rotatable bonds is 2. The molecule has 2 aromatic rings. The molecule has 124 valence electrons. The molecule has 0 aromatic heterocycles. The summed E-state index contributed by atoms with van der Waals surface area (Å²) in [5.41, 5.74) is 5.53. The van der Waals surface area contributed by atoms with Crippen LogP contribution in [0.1, 0.15) is 22.3 Å². The first-order valence-corrected chi connectivity index (χ1v) is 7.97. The minimum atomic E-state index is 0.144. The average Bonchev–Trinajstić information content (AvgIpc) is 2.59. The van der Waals surface area contributed by atoms with Crippen LogP contribution < -0.4 is 14.4 Å². The third-order valence-electron chi connectivity index (χ3n) is 4.92. The van der Waals surface area contributed by atoms with Gasteiger partial charge in [0.05, 0.1) is 20.8 Å². The van der Waals surface area contributed by atoms with E-state index in [2.05, 4.69) is 6.08 Å². The number of ether oxygens (including phenoxy) is 2. The van der Waals surface area contributed by atoms with Gasteiger partial charge in [-0.05, 0) is 35.4 Å². The van der Waals surface area contributed by atoms with Gasteiger partial charge in [0, 0.05) is 23.6 Å². The van der Waals surface area contributed by atoms with Crippen molar-refractivity contribution >= 4 is 11.8 Å². The molecule has 2 aliphatic rings. The van der Waals surface area contributed by atoms with Crippen molar-refractivity contribution in [1.82, 2.24) is 0 Å². The van der Waals surface area contributed by atoms with Crippen molar-refractivity contribution in [2.45, 2.75) is 13.0 Å². The van der Waals surface area contributed by atoms with Crippen molar-refractivity contribution in [2.75, 3.05) is 20.8 Å². The summed E-state index contributed by atoms with van der Waals surface area (Å²) in [6, 6.07) is 7.36. The zero-order valence-corrected chi connectivity index (χ0v) is 13.7. The Morgan fingerprint density at radius 3 is 2.29 bits per heavy atom. The van der Waals surface area contributed by atoms with Crippen LogP contribution in [0, 0.1) is 0 Å². The number of benzene rings is 2. The van der Waals surface area contributed by atoms with Crippen molar-refractivity contribution in [3.63, 3.8) is 0 Å². The molecule has 24 heavy (non-hydrogen) atoms. The highest BCUT2D eigenvalue weighted by atomic mass is 16.5. The van der Waals surface area contributed by atoms with E-state index in [4.69, 9.17) is 9.47 Å². The molecule has 0 fully saturated rings. The fraction of sp³-hybridized carbons (Fsp3) is 0.263. The number of hydrogen-bond acceptors (Lipinski definition) is 4. The molecule has 1 atom stereocenters. The second kappa shape index (κ2) is 5.46. The zero-order valence-electron chi connectivity index (χ0n) is 13.7. The minimum absolute atomic E-state index is 0.144. The van der Waals surface area contributed by atoms with Gasteiger partial charge in [-0.25, -0.2) is 0 Å². The lowest BCUT2D eigenvalue weighted by atomic mass is 9.90. The van der Waals surface area contributed by atoms with Crippen LogP contribution in [0.4, 0.5) is 0 Å². The van der Waals surface area contributed by atoms with Gasteiger partial charge in [-0.2, -0.15) is 0 Å². The summed E-state index contributed by atoms with van der Waals surface area (Å²) in [5.74, 6) is 1.31. The lowest BCUT2D eigenvalue weighted by Crippen LogP contribution is -3.09. The second-order valence-electron chi connectivity index (χ2n) is 6.24. The number of methoxy groups -OCH3 is 2. The fourth-order valence-corrected chi connectivity index (χ4v) is 3.67. The molecule has 5 heteroatoms. The van der Waals surface area contributed by atoms with E-state index in [1.54, 1.807) is 26.4 Å². The Morgan fingerprint density at radius 2 is 1.58 bits per heavy atom. The van der Waals surface area contributed by atoms with E-state index in [0.29, 0.717) is 11.5 Å². The molecule has 0 aliphatic carbocycles. The van der Waals surface area contributed by atoms with E-state index in [1.165, 1.54) is 10.5 Å². The molecule has 0 spiro atoms. The van der Waals surface area contributed by atoms with E-state index < -0.39 is 0 Å². The largest absolute Gasteiger partial charge is 0.504 e. The number of phenolic OH excluding ortho intramolecular Hbond substituents is 2. The predicted molar refractivity (Wildman–Crippen MR) is 90.4 cm³/mol. The Morgan fingerprint density at radius 1 is 0.917 bits per heavy atom. The molecule has 3 N–H and O–H groups in total. The van der Waals surface area contributed by atoms with Gasteiger partial charge in [0.25, 0.3) is 0 Å². The summed E-state index contributed by atoms with van der Waals surface area (Å²) in [7, 11) is 3.12. The van der Waals surface area contributed by atoms with Crippen LogP contribution in [0.25, 0.3) is 11.8 Å². The van der Waals surface area contributed by atoms with Crippen LogP contribution in [0.15, 0.2) is 24.3 Å². The van der Waals surface area contributed by atoms with Gasteiger partial charge in [0.2, 0.25) is 0 Å². The first-order valence-electron chi connectivity index (χ1n) is 7.97. The molecule has 0 amide bonds. The molecule has 2 aromatic carbocycles. The van der Waals surface area contributed by atoms with Gasteiger partial charge in [0.15, 0.2) is 23.0 Å². The average molecular weight is 326 g/mol. The van der Waals surface area contributed by atoms with E-state index >= 15 is 0 Å². The maximum absolute atomic E-state index is 10.1. The Kier molecular flexibility index (Phi) is 3.39. The molecule has 0 radical (unpaired) electrons. The normalized spacial score (nSPS) is 18.1. The van der Waals surface area contributed by atoms with Gasteiger partial charge in [0.1, 0.15) is 12.2 Å². The minimum Gasteiger partial charge on any atom is -0.504 e. The molecule has 0 bridgehead atoms. The van der Waals surface area contributed by atoms with Crippen molar-refractivity contribution in [2.24, 2.45) is 0 Å². The van der Waals surface area contributed by atoms with Crippen molar-refractivity contribution < 1.29 is 24.6 Å². The Labute approximate surface area is 140 Å². The first-order chi connectivity index (χ1) is 11.6. The van der Waals surface area contributed by atoms with Gasteiger partial charge in [-0.15, -0.1) is 0 Å². The van der Waals surface area contributed by atoms with E-state index in [-0.39, 0.29) is 11.5 Å². The number of quaternary nitrogens is 1. The van der Waals surface area contributed by atoms with Gasteiger partial charge >= 0.3 is 0 Å². The lowest BCUT2D eigenvalue weighted by Gasteiger charge is -2.32. The number of nitrogens with one attached hydrogen (secondary N) is 1. The second-order valence-corrected chi connectivity index (χ2v) is 6.24. The van der Waals surface area contributed by atoms with Crippen molar-refractivity contribution in [1.29, 1.82) is 0 Å². The summed E-state index contributed by atoms with van der Waals surface area (Å²) in [5, 5.41) is 20.2. The fourth-order valence-electron chi connectivity index (χ4n) is 3.67. The molecule has 0 saturated carbocycles. The molecule has 2 aliphatic heterocycles. The number of phenols is 2. The SMILES string of the molecule is COc1cc2c(cc1O)C=C1c3cc(O)c(OC)cc3CC[NH+]1C2. The molecule has 1 unspecified atom stereocenters. The Balaban J connectivity index is 1.85. The smallest absolute Gasteiger partial charge is 0.161 e. The monoisotopic (exact) mass is 326 g/mol. The molecular formula is C19H20NO4+. The quantitative estimate of drug-likeness (QED) is 0.784. The first kappa shape index (κ1) is 14.9. The third kappa shape index (κ3) is 2.20. The standard InChI is InChI=1S/C19H19NO4/c1-23-18-7-11-3-4-20-10-13-8-19(24-2)16(21)6-12(13)5-15(20)14(11)9-17(18)22/h5-9,21-22H,3-4,10H2,1-2H3/p+1. The molecular weight excluding hydrogens is 306 g/mol. The summed E-state index contributed by atoms with van der Waals surface area (Å²) in [6.45, 7) is 1.82. The zero-order chi connectivity index (χ0) is 16.8. The van der Waals surface area contributed by atoms with Crippen LogP contribution in [-0.4, -0.2) is 31.0 Å². The van der Waals surface area contributed by atoms with E-state index in [0.717, 1.165) is 41.9 Å². The van der Waals surface area contributed by atoms with E-state index in [1.807, 2.05) is 12.1 Å². The van der Waals surface area contributed by atoms with Crippen LogP contribution in [0.3, 0.4) is 0 Å². The van der Waals surface area contributed by atoms with Crippen molar-refractivity contribution in [3.05, 3.63) is 46.5 Å². The highest BCUT2D eigenvalue weighted by Gasteiger charge is 2.31. The molecule has 5 nitrogen and oxygen atoms in total. The predicted octanol–water partition coefficient (Wildman–Crippen LogP) is 1.57. The highest BCUT2D eigenvalue weighted by molar-refractivity contribution is 5.82. The van der Waals surface area contributed by atoms with Gasteiger partial charge in [-0.3, -0.25) is 4.90 Å². The third-order valence-corrected chi connectivity index (χ3v) is 4.92. The Hall–Kier alpha value is -2.66. The van der Waals surface area contributed by atoms with Crippen LogP contribution in [0.5, 0.6) is 23.0 Å². The van der Waals surface area contributed by atoms with Crippen LogP contribution in [0.2, 0.25) is 0 Å². The van der Waals surface area contributed by atoms with Gasteiger partial charge in [-0.1, -0.05) is 0 Å². The number of hydrogen-bond donors (Lipinski definition) is 3. The van der Waals surface area contributed by atoms with Gasteiger partial charge < -0.3 is 19.7 Å². The maximum Gasteiger partial charge on any atom is 0.161 e. The number of aromatic hydroxyl groups is 2. The highest BCUT2D eigenvalue weighted by Crippen LogP contribution is 2.36.